The van der Waals surface area contributed by atoms with Crippen LogP contribution in [0.4, 0.5) is 17.5 Å². The van der Waals surface area contributed by atoms with Crippen molar-refractivity contribution in [2.45, 2.75) is 12.8 Å². The SMILES string of the molecule is Nc1cc(Cl)c(-c2nc3c(c(N4CCOCC4)n2)CCCOCCN3)cn1. The van der Waals surface area contributed by atoms with Gasteiger partial charge in [-0.25, -0.2) is 15.0 Å². The molecule has 8 nitrogen and oxygen atoms in total. The third-order valence-electron chi connectivity index (χ3n) is 4.67. The number of rotatable bonds is 2. The Kier molecular flexibility index (Phi) is 5.56. The van der Waals surface area contributed by atoms with Crippen molar-refractivity contribution >= 4 is 29.1 Å². The van der Waals surface area contributed by atoms with Crippen LogP contribution in [0.15, 0.2) is 12.3 Å². The predicted molar refractivity (Wildman–Crippen MR) is 105 cm³/mol. The first-order valence-corrected chi connectivity index (χ1v) is 9.57. The molecule has 0 atom stereocenters. The van der Waals surface area contributed by atoms with E-state index in [1.165, 1.54) is 0 Å². The molecule has 0 bridgehead atoms. The largest absolute Gasteiger partial charge is 0.384 e. The van der Waals surface area contributed by atoms with Crippen LogP contribution in [0.1, 0.15) is 12.0 Å². The van der Waals surface area contributed by atoms with Crippen molar-refractivity contribution in [3.63, 3.8) is 0 Å². The fourth-order valence-electron chi connectivity index (χ4n) is 3.31. The van der Waals surface area contributed by atoms with Crippen molar-refractivity contribution in [2.24, 2.45) is 0 Å². The van der Waals surface area contributed by atoms with Crippen LogP contribution in [0.2, 0.25) is 5.02 Å². The highest BCUT2D eigenvalue weighted by Gasteiger charge is 2.23. The lowest BCUT2D eigenvalue weighted by atomic mass is 10.1. The molecule has 1 fully saturated rings. The molecule has 2 aromatic heterocycles. The Morgan fingerprint density at radius 3 is 2.74 bits per heavy atom. The molecule has 0 aromatic carbocycles. The van der Waals surface area contributed by atoms with Gasteiger partial charge in [-0.15, -0.1) is 0 Å². The molecule has 0 spiro atoms. The number of pyridine rings is 1. The maximum Gasteiger partial charge on any atom is 0.166 e. The Labute approximate surface area is 163 Å². The Bertz CT molecular complexity index is 813. The first-order chi connectivity index (χ1) is 13.2. The Morgan fingerprint density at radius 1 is 1.11 bits per heavy atom. The van der Waals surface area contributed by atoms with Crippen LogP contribution in [0.3, 0.4) is 0 Å². The van der Waals surface area contributed by atoms with Crippen LogP contribution in [0.5, 0.6) is 0 Å². The summed E-state index contributed by atoms with van der Waals surface area (Å²) in [4.78, 5) is 16.1. The van der Waals surface area contributed by atoms with Gasteiger partial charge in [0.2, 0.25) is 0 Å². The zero-order valence-corrected chi connectivity index (χ0v) is 15.8. The standard InChI is InChI=1S/C18H23ClN6O2/c19-14-10-15(20)22-11-13(14)17-23-16-12(2-1-6-26-7-3-21-16)18(24-17)25-4-8-27-9-5-25/h10-11H,1-9H2,(H2,20,22)(H,21,23,24). The Balaban J connectivity index is 1.82. The quantitative estimate of drug-likeness (QED) is 0.803. The highest BCUT2D eigenvalue weighted by Crippen LogP contribution is 2.33. The Hall–Kier alpha value is -2.16. The van der Waals surface area contributed by atoms with E-state index in [-0.39, 0.29) is 0 Å². The molecule has 4 rings (SSSR count). The van der Waals surface area contributed by atoms with Gasteiger partial charge in [-0.2, -0.15) is 0 Å². The van der Waals surface area contributed by atoms with Gasteiger partial charge in [0.25, 0.3) is 0 Å². The zero-order valence-electron chi connectivity index (χ0n) is 15.1. The molecule has 0 unspecified atom stereocenters. The van der Waals surface area contributed by atoms with Crippen molar-refractivity contribution in [3.8, 4) is 11.4 Å². The van der Waals surface area contributed by atoms with Crippen LogP contribution in [0.25, 0.3) is 11.4 Å². The minimum atomic E-state index is 0.371. The highest BCUT2D eigenvalue weighted by molar-refractivity contribution is 6.33. The third kappa shape index (κ3) is 4.07. The van der Waals surface area contributed by atoms with E-state index >= 15 is 0 Å². The first-order valence-electron chi connectivity index (χ1n) is 9.19. The molecule has 4 heterocycles. The number of nitrogens with zero attached hydrogens (tertiary/aromatic N) is 4. The van der Waals surface area contributed by atoms with E-state index in [1.54, 1.807) is 12.3 Å². The molecule has 0 aliphatic carbocycles. The van der Waals surface area contributed by atoms with E-state index < -0.39 is 0 Å². The summed E-state index contributed by atoms with van der Waals surface area (Å²) >= 11 is 6.40. The second-order valence-corrected chi connectivity index (χ2v) is 6.94. The second-order valence-electron chi connectivity index (χ2n) is 6.53. The minimum absolute atomic E-state index is 0.371. The molecular formula is C18H23ClN6O2. The smallest absolute Gasteiger partial charge is 0.166 e. The summed E-state index contributed by atoms with van der Waals surface area (Å²) in [5, 5.41) is 3.89. The summed E-state index contributed by atoms with van der Waals surface area (Å²) in [6.45, 7) is 5.05. The van der Waals surface area contributed by atoms with Crippen LogP contribution < -0.4 is 16.0 Å². The molecule has 144 valence electrons. The van der Waals surface area contributed by atoms with Crippen LogP contribution in [-0.4, -0.2) is 61.0 Å². The summed E-state index contributed by atoms with van der Waals surface area (Å²) in [5.74, 6) is 2.68. The molecule has 1 saturated heterocycles. The van der Waals surface area contributed by atoms with Gasteiger partial charge in [0.1, 0.15) is 17.5 Å². The monoisotopic (exact) mass is 390 g/mol. The molecule has 0 saturated carbocycles. The molecule has 2 aliphatic heterocycles. The average Bonchev–Trinajstić information content (AvgIpc) is 2.80. The second kappa shape index (κ2) is 8.24. The summed E-state index contributed by atoms with van der Waals surface area (Å²) in [6.07, 6.45) is 3.41. The number of nitrogens with two attached hydrogens (primary N) is 1. The normalized spacial score (nSPS) is 18.0. The summed E-state index contributed by atoms with van der Waals surface area (Å²) in [7, 11) is 0. The number of fused-ring (bicyclic) bond motifs is 1. The summed E-state index contributed by atoms with van der Waals surface area (Å²) < 4.78 is 11.1. The summed E-state index contributed by atoms with van der Waals surface area (Å²) in [5.41, 5.74) is 7.52. The Morgan fingerprint density at radius 2 is 1.93 bits per heavy atom. The van der Waals surface area contributed by atoms with Crippen molar-refractivity contribution in [2.75, 3.05) is 62.0 Å². The number of hydrogen-bond acceptors (Lipinski definition) is 8. The minimum Gasteiger partial charge on any atom is -0.384 e. The number of ether oxygens (including phenoxy) is 2. The lowest BCUT2D eigenvalue weighted by molar-refractivity contribution is 0.122. The number of aromatic nitrogens is 3. The van der Waals surface area contributed by atoms with Crippen molar-refractivity contribution in [1.82, 2.24) is 15.0 Å². The fourth-order valence-corrected chi connectivity index (χ4v) is 3.56. The zero-order chi connectivity index (χ0) is 18.6. The molecule has 3 N–H and O–H groups in total. The number of hydrogen-bond donors (Lipinski definition) is 2. The summed E-state index contributed by atoms with van der Waals surface area (Å²) in [6, 6.07) is 1.62. The third-order valence-corrected chi connectivity index (χ3v) is 4.98. The topological polar surface area (TPSA) is 98.4 Å². The van der Waals surface area contributed by atoms with Crippen molar-refractivity contribution < 1.29 is 9.47 Å². The van der Waals surface area contributed by atoms with Gasteiger partial charge in [0.15, 0.2) is 5.82 Å². The van der Waals surface area contributed by atoms with E-state index in [2.05, 4.69) is 15.2 Å². The molecule has 27 heavy (non-hydrogen) atoms. The van der Waals surface area contributed by atoms with Crippen LogP contribution in [0, 0.1) is 0 Å². The van der Waals surface area contributed by atoms with E-state index in [9.17, 15) is 0 Å². The fraction of sp³-hybridized carbons (Fsp3) is 0.500. The van der Waals surface area contributed by atoms with Gasteiger partial charge < -0.3 is 25.4 Å². The first kappa shape index (κ1) is 18.2. The number of nitrogens with one attached hydrogen (secondary N) is 1. The van der Waals surface area contributed by atoms with Crippen molar-refractivity contribution in [1.29, 1.82) is 0 Å². The van der Waals surface area contributed by atoms with Crippen LogP contribution in [-0.2, 0) is 15.9 Å². The van der Waals surface area contributed by atoms with Gasteiger partial charge in [-0.05, 0) is 18.9 Å². The number of nitrogen functional groups attached to an aromatic ring is 1. The number of morpholine rings is 1. The van der Waals surface area contributed by atoms with Gasteiger partial charge in [0, 0.05) is 38.0 Å². The van der Waals surface area contributed by atoms with Crippen LogP contribution >= 0.6 is 11.6 Å². The molecule has 0 radical (unpaired) electrons. The van der Waals surface area contributed by atoms with Crippen molar-refractivity contribution in [3.05, 3.63) is 22.8 Å². The molecular weight excluding hydrogens is 368 g/mol. The van der Waals surface area contributed by atoms with E-state index in [0.29, 0.717) is 48.6 Å². The van der Waals surface area contributed by atoms with E-state index in [1.807, 2.05) is 0 Å². The maximum absolute atomic E-state index is 6.40. The molecule has 9 heteroatoms. The average molecular weight is 391 g/mol. The molecule has 0 amide bonds. The number of halogens is 1. The predicted octanol–water partition coefficient (Wildman–Crippen LogP) is 1.99. The highest BCUT2D eigenvalue weighted by atomic mass is 35.5. The lowest BCUT2D eigenvalue weighted by Crippen LogP contribution is -2.37. The van der Waals surface area contributed by atoms with E-state index in [0.717, 1.165) is 49.7 Å². The molecule has 2 aromatic rings. The van der Waals surface area contributed by atoms with E-state index in [4.69, 9.17) is 36.8 Å². The van der Waals surface area contributed by atoms with Gasteiger partial charge in [0.05, 0.1) is 30.4 Å². The van der Waals surface area contributed by atoms with Gasteiger partial charge in [-0.3, -0.25) is 0 Å². The number of anilines is 3. The maximum atomic E-state index is 6.40. The van der Waals surface area contributed by atoms with Gasteiger partial charge >= 0.3 is 0 Å². The lowest BCUT2D eigenvalue weighted by Gasteiger charge is -2.30. The van der Waals surface area contributed by atoms with Gasteiger partial charge in [-0.1, -0.05) is 11.6 Å². The molecule has 2 aliphatic rings.